The maximum absolute atomic E-state index is 5.70. The van der Waals surface area contributed by atoms with E-state index < -0.39 is 0 Å². The van der Waals surface area contributed by atoms with E-state index in [1.54, 1.807) is 12.3 Å². The number of nitrogens with two attached hydrogens (primary N) is 1. The molecule has 4 nitrogen and oxygen atoms in total. The quantitative estimate of drug-likeness (QED) is 0.790. The van der Waals surface area contributed by atoms with E-state index in [4.69, 9.17) is 22.7 Å². The molecule has 1 rings (SSSR count). The Bertz CT molecular complexity index is 365. The van der Waals surface area contributed by atoms with Crippen LogP contribution in [0.2, 0.25) is 0 Å². The molecule has 0 aliphatic carbocycles. The first-order chi connectivity index (χ1) is 6.96. The van der Waals surface area contributed by atoms with E-state index in [1.807, 2.05) is 20.8 Å². The van der Waals surface area contributed by atoms with Crippen LogP contribution in [0.5, 0.6) is 5.88 Å². The molecule has 15 heavy (non-hydrogen) atoms. The van der Waals surface area contributed by atoms with Gasteiger partial charge in [-0.05, 0) is 26.3 Å². The summed E-state index contributed by atoms with van der Waals surface area (Å²) in [6, 6.07) is 1.70. The molecular weight excluding hydrogens is 210 g/mol. The molecule has 0 atom stereocenters. The largest absolute Gasteiger partial charge is 0.470 e. The second-order valence-corrected chi connectivity index (χ2v) is 4.27. The van der Waals surface area contributed by atoms with Crippen LogP contribution in [-0.4, -0.2) is 20.8 Å². The number of rotatable bonds is 4. The van der Waals surface area contributed by atoms with Gasteiger partial charge in [-0.3, -0.25) is 0 Å². The van der Waals surface area contributed by atoms with E-state index in [1.165, 1.54) is 0 Å². The fraction of sp³-hybridized carbons (Fsp3) is 0.500. The van der Waals surface area contributed by atoms with E-state index in [-0.39, 0.29) is 10.6 Å². The van der Waals surface area contributed by atoms with Gasteiger partial charge in [0, 0.05) is 0 Å². The van der Waals surface area contributed by atoms with Crippen LogP contribution in [-0.2, 0) is 0 Å². The summed E-state index contributed by atoms with van der Waals surface area (Å²) in [5.41, 5.74) is 5.89. The summed E-state index contributed by atoms with van der Waals surface area (Å²) in [6.07, 6.45) is 2.40. The fourth-order valence-corrected chi connectivity index (χ4v) is 1.07. The van der Waals surface area contributed by atoms with Crippen LogP contribution >= 0.6 is 12.2 Å². The van der Waals surface area contributed by atoms with E-state index >= 15 is 0 Å². The molecule has 0 unspecified atom stereocenters. The monoisotopic (exact) mass is 225 g/mol. The SMILES string of the molecule is CCC(C)(C)Oc1nnccc1C(N)=S. The van der Waals surface area contributed by atoms with Crippen molar-refractivity contribution in [3.63, 3.8) is 0 Å². The zero-order chi connectivity index (χ0) is 11.5. The Hall–Kier alpha value is -1.23. The first-order valence-corrected chi connectivity index (χ1v) is 5.17. The Kier molecular flexibility index (Phi) is 3.57. The summed E-state index contributed by atoms with van der Waals surface area (Å²) in [5, 5.41) is 7.65. The average Bonchev–Trinajstić information content (AvgIpc) is 2.18. The predicted octanol–water partition coefficient (Wildman–Crippen LogP) is 1.68. The van der Waals surface area contributed by atoms with Crippen LogP contribution < -0.4 is 10.5 Å². The standard InChI is InChI=1S/C10H15N3OS/c1-4-10(2,3)14-9-7(8(11)15)5-6-12-13-9/h5-6H,4H2,1-3H3,(H2,11,15). The molecule has 0 aliphatic heterocycles. The molecule has 1 aromatic rings. The Morgan fingerprint density at radius 2 is 2.27 bits per heavy atom. The van der Waals surface area contributed by atoms with Crippen molar-refractivity contribution in [1.29, 1.82) is 0 Å². The molecule has 0 aromatic carbocycles. The van der Waals surface area contributed by atoms with Crippen molar-refractivity contribution in [1.82, 2.24) is 10.2 Å². The molecule has 0 saturated carbocycles. The molecular formula is C10H15N3OS. The Balaban J connectivity index is 2.99. The molecule has 1 aromatic heterocycles. The smallest absolute Gasteiger partial charge is 0.244 e. The molecule has 0 spiro atoms. The topological polar surface area (TPSA) is 61.0 Å². The maximum Gasteiger partial charge on any atom is 0.244 e. The van der Waals surface area contributed by atoms with Crippen LogP contribution in [0.4, 0.5) is 0 Å². The van der Waals surface area contributed by atoms with Crippen molar-refractivity contribution in [2.75, 3.05) is 0 Å². The average molecular weight is 225 g/mol. The number of hydrogen-bond acceptors (Lipinski definition) is 4. The number of ether oxygens (including phenoxy) is 1. The van der Waals surface area contributed by atoms with E-state index in [0.29, 0.717) is 11.4 Å². The van der Waals surface area contributed by atoms with E-state index in [0.717, 1.165) is 6.42 Å². The van der Waals surface area contributed by atoms with Gasteiger partial charge in [0.1, 0.15) is 10.6 Å². The summed E-state index contributed by atoms with van der Waals surface area (Å²) < 4.78 is 5.70. The molecule has 0 saturated heterocycles. The first kappa shape index (κ1) is 11.8. The molecule has 2 N–H and O–H groups in total. The molecule has 1 heterocycles. The predicted molar refractivity (Wildman–Crippen MR) is 62.9 cm³/mol. The highest BCUT2D eigenvalue weighted by atomic mass is 32.1. The third-order valence-electron chi connectivity index (χ3n) is 2.18. The molecule has 0 fully saturated rings. The Morgan fingerprint density at radius 1 is 1.60 bits per heavy atom. The number of aromatic nitrogens is 2. The molecule has 82 valence electrons. The summed E-state index contributed by atoms with van der Waals surface area (Å²) in [4.78, 5) is 0.270. The van der Waals surface area contributed by atoms with Gasteiger partial charge < -0.3 is 10.5 Å². The van der Waals surface area contributed by atoms with Gasteiger partial charge >= 0.3 is 0 Å². The van der Waals surface area contributed by atoms with Gasteiger partial charge in [0.25, 0.3) is 0 Å². The van der Waals surface area contributed by atoms with Gasteiger partial charge in [-0.15, -0.1) is 5.10 Å². The summed E-state index contributed by atoms with van der Waals surface area (Å²) in [5.74, 6) is 0.400. The summed E-state index contributed by atoms with van der Waals surface area (Å²) in [7, 11) is 0. The molecule has 0 amide bonds. The third-order valence-corrected chi connectivity index (χ3v) is 2.40. The van der Waals surface area contributed by atoms with Crippen LogP contribution in [0.25, 0.3) is 0 Å². The van der Waals surface area contributed by atoms with Crippen LogP contribution in [0.15, 0.2) is 12.3 Å². The van der Waals surface area contributed by atoms with Crippen molar-refractivity contribution < 1.29 is 4.74 Å². The molecule has 5 heteroatoms. The lowest BCUT2D eigenvalue weighted by atomic mass is 10.1. The van der Waals surface area contributed by atoms with Crippen LogP contribution in [0, 0.1) is 0 Å². The van der Waals surface area contributed by atoms with Crippen molar-refractivity contribution >= 4 is 17.2 Å². The first-order valence-electron chi connectivity index (χ1n) is 4.77. The van der Waals surface area contributed by atoms with Crippen molar-refractivity contribution in [3.8, 4) is 5.88 Å². The normalized spacial score (nSPS) is 11.1. The lowest BCUT2D eigenvalue weighted by molar-refractivity contribution is 0.0974. The molecule has 0 bridgehead atoms. The van der Waals surface area contributed by atoms with Gasteiger partial charge in [-0.1, -0.05) is 19.1 Å². The summed E-state index contributed by atoms with van der Waals surface area (Å²) >= 11 is 4.90. The van der Waals surface area contributed by atoms with Crippen LogP contribution in [0.3, 0.4) is 0 Å². The van der Waals surface area contributed by atoms with Crippen molar-refractivity contribution in [3.05, 3.63) is 17.8 Å². The Labute approximate surface area is 94.8 Å². The number of hydrogen-bond donors (Lipinski definition) is 1. The highest BCUT2D eigenvalue weighted by molar-refractivity contribution is 7.80. The van der Waals surface area contributed by atoms with Gasteiger partial charge in [0.15, 0.2) is 0 Å². The highest BCUT2D eigenvalue weighted by Crippen LogP contribution is 2.21. The van der Waals surface area contributed by atoms with Gasteiger partial charge in [0.05, 0.1) is 11.8 Å². The Morgan fingerprint density at radius 3 is 2.80 bits per heavy atom. The minimum atomic E-state index is -0.296. The second-order valence-electron chi connectivity index (χ2n) is 3.83. The van der Waals surface area contributed by atoms with Crippen molar-refractivity contribution in [2.45, 2.75) is 32.8 Å². The number of thiocarbonyl (C=S) groups is 1. The van der Waals surface area contributed by atoms with E-state index in [2.05, 4.69) is 10.2 Å². The lowest BCUT2D eigenvalue weighted by Gasteiger charge is -2.24. The summed E-state index contributed by atoms with van der Waals surface area (Å²) in [6.45, 7) is 5.99. The van der Waals surface area contributed by atoms with Crippen molar-refractivity contribution in [2.24, 2.45) is 5.73 Å². The minimum Gasteiger partial charge on any atom is -0.470 e. The van der Waals surface area contributed by atoms with Gasteiger partial charge in [-0.2, -0.15) is 5.10 Å². The minimum absolute atomic E-state index is 0.270. The third kappa shape index (κ3) is 3.13. The zero-order valence-corrected chi connectivity index (χ0v) is 9.97. The lowest BCUT2D eigenvalue weighted by Crippen LogP contribution is -2.29. The molecule has 0 aliphatic rings. The maximum atomic E-state index is 5.70. The highest BCUT2D eigenvalue weighted by Gasteiger charge is 2.20. The fourth-order valence-electron chi connectivity index (χ4n) is 0.916. The van der Waals surface area contributed by atoms with E-state index in [9.17, 15) is 0 Å². The van der Waals surface area contributed by atoms with Gasteiger partial charge in [0.2, 0.25) is 5.88 Å². The molecule has 0 radical (unpaired) electrons. The zero-order valence-electron chi connectivity index (χ0n) is 9.15. The van der Waals surface area contributed by atoms with Gasteiger partial charge in [-0.25, -0.2) is 0 Å². The number of nitrogens with zero attached hydrogens (tertiary/aromatic N) is 2. The van der Waals surface area contributed by atoms with Crippen LogP contribution in [0.1, 0.15) is 32.8 Å². The second kappa shape index (κ2) is 4.53.